The molecule has 0 fully saturated rings. The second kappa shape index (κ2) is 8.18. The van der Waals surface area contributed by atoms with Crippen LogP contribution >= 0.6 is 0 Å². The van der Waals surface area contributed by atoms with E-state index in [-0.39, 0.29) is 0 Å². The van der Waals surface area contributed by atoms with E-state index in [1.54, 1.807) is 7.11 Å². The van der Waals surface area contributed by atoms with E-state index in [1.165, 1.54) is 16.8 Å². The summed E-state index contributed by atoms with van der Waals surface area (Å²) in [5, 5.41) is 8.61. The van der Waals surface area contributed by atoms with Crippen LogP contribution in [0.25, 0.3) is 22.3 Å². The van der Waals surface area contributed by atoms with Gasteiger partial charge in [0.05, 0.1) is 30.4 Å². The van der Waals surface area contributed by atoms with Gasteiger partial charge in [0.1, 0.15) is 0 Å². The van der Waals surface area contributed by atoms with Crippen LogP contribution < -0.4 is 9.64 Å². The van der Waals surface area contributed by atoms with Crippen LogP contribution in [0.15, 0.2) is 30.3 Å². The summed E-state index contributed by atoms with van der Waals surface area (Å²) in [5.74, 6) is 1.87. The van der Waals surface area contributed by atoms with Gasteiger partial charge in [0, 0.05) is 35.3 Å². The molecule has 0 amide bonds. The van der Waals surface area contributed by atoms with Crippen molar-refractivity contribution in [3.8, 4) is 17.3 Å². The molecule has 4 aromatic rings. The van der Waals surface area contributed by atoms with Crippen molar-refractivity contribution < 1.29 is 4.74 Å². The number of aromatic amines is 1. The summed E-state index contributed by atoms with van der Waals surface area (Å²) < 4.78 is 5.81. The van der Waals surface area contributed by atoms with Gasteiger partial charge in [0.15, 0.2) is 5.82 Å². The van der Waals surface area contributed by atoms with Gasteiger partial charge in [-0.15, -0.1) is 0 Å². The van der Waals surface area contributed by atoms with Crippen LogP contribution in [0.5, 0.6) is 5.88 Å². The molecule has 0 aliphatic carbocycles. The summed E-state index contributed by atoms with van der Waals surface area (Å²) in [6.07, 6.45) is 0.853. The first kappa shape index (κ1) is 21.4. The standard InChI is InChI=1S/C27H31N5O/c1-15(2)19-9-7-16(3)23(13-19)32-12-11-21-20(14-32)27(33-6)29-26(28-21)24-17(4)8-10-22-25(24)18(5)30-31-22/h7-10,13,15H,11-12,14H2,1-6H3,(H,30,31). The van der Waals surface area contributed by atoms with E-state index in [4.69, 9.17) is 14.7 Å². The van der Waals surface area contributed by atoms with Crippen molar-refractivity contribution in [2.75, 3.05) is 18.6 Å². The number of nitrogens with one attached hydrogen (secondary N) is 1. The molecule has 3 heterocycles. The zero-order chi connectivity index (χ0) is 23.3. The lowest BCUT2D eigenvalue weighted by Crippen LogP contribution is -2.32. The third-order valence-corrected chi connectivity index (χ3v) is 6.79. The molecule has 6 nitrogen and oxygen atoms in total. The van der Waals surface area contributed by atoms with Crippen LogP contribution in [0.4, 0.5) is 5.69 Å². The minimum absolute atomic E-state index is 0.499. The number of H-pyrrole nitrogens is 1. The third kappa shape index (κ3) is 3.63. The second-order valence-electron chi connectivity index (χ2n) is 9.35. The van der Waals surface area contributed by atoms with Gasteiger partial charge in [-0.1, -0.05) is 32.0 Å². The fraction of sp³-hybridized carbons (Fsp3) is 0.370. The number of anilines is 1. The lowest BCUT2D eigenvalue weighted by atomic mass is 9.98. The Labute approximate surface area is 195 Å². The molecule has 0 saturated heterocycles. The molecule has 0 unspecified atom stereocenters. The van der Waals surface area contributed by atoms with E-state index in [0.717, 1.165) is 58.5 Å². The van der Waals surface area contributed by atoms with Gasteiger partial charge in [0.2, 0.25) is 5.88 Å². The molecule has 1 aliphatic rings. The molecule has 170 valence electrons. The Balaban J connectivity index is 1.59. The minimum Gasteiger partial charge on any atom is -0.481 e. The van der Waals surface area contributed by atoms with Crippen LogP contribution in [-0.2, 0) is 13.0 Å². The summed E-state index contributed by atoms with van der Waals surface area (Å²) in [6.45, 7) is 12.5. The summed E-state index contributed by atoms with van der Waals surface area (Å²) in [4.78, 5) is 12.4. The highest BCUT2D eigenvalue weighted by molar-refractivity contribution is 5.96. The number of aryl methyl sites for hydroxylation is 3. The van der Waals surface area contributed by atoms with Gasteiger partial charge >= 0.3 is 0 Å². The van der Waals surface area contributed by atoms with Crippen LogP contribution in [-0.4, -0.2) is 33.8 Å². The molecule has 2 aromatic heterocycles. The van der Waals surface area contributed by atoms with Crippen LogP contribution in [0.1, 0.15) is 53.4 Å². The van der Waals surface area contributed by atoms with Gasteiger partial charge in [-0.05, 0) is 55.5 Å². The van der Waals surface area contributed by atoms with E-state index in [0.29, 0.717) is 17.6 Å². The van der Waals surface area contributed by atoms with E-state index in [9.17, 15) is 0 Å². The Bertz CT molecular complexity index is 1340. The number of rotatable bonds is 4. The molecule has 2 aromatic carbocycles. The van der Waals surface area contributed by atoms with Gasteiger partial charge in [0.25, 0.3) is 0 Å². The smallest absolute Gasteiger partial charge is 0.222 e. The van der Waals surface area contributed by atoms with Crippen molar-refractivity contribution in [3.05, 3.63) is 64.0 Å². The molecule has 0 saturated carbocycles. The number of benzene rings is 2. The molecule has 1 aliphatic heterocycles. The number of ether oxygens (including phenoxy) is 1. The molecular formula is C27H31N5O. The van der Waals surface area contributed by atoms with Gasteiger partial charge in [-0.2, -0.15) is 10.1 Å². The number of aromatic nitrogens is 4. The normalized spacial score (nSPS) is 13.6. The molecule has 0 bridgehead atoms. The number of hydrogen-bond acceptors (Lipinski definition) is 5. The summed E-state index contributed by atoms with van der Waals surface area (Å²) in [5.41, 5.74) is 10.2. The number of methoxy groups -OCH3 is 1. The lowest BCUT2D eigenvalue weighted by molar-refractivity contribution is 0.388. The molecule has 6 heteroatoms. The fourth-order valence-corrected chi connectivity index (χ4v) is 4.85. The Morgan fingerprint density at radius 1 is 1.03 bits per heavy atom. The van der Waals surface area contributed by atoms with Crippen molar-refractivity contribution in [1.29, 1.82) is 0 Å². The highest BCUT2D eigenvalue weighted by Crippen LogP contribution is 2.36. The first-order valence-corrected chi connectivity index (χ1v) is 11.6. The number of hydrogen-bond donors (Lipinski definition) is 1. The Morgan fingerprint density at radius 2 is 1.82 bits per heavy atom. The molecule has 5 rings (SSSR count). The Morgan fingerprint density at radius 3 is 2.58 bits per heavy atom. The van der Waals surface area contributed by atoms with Crippen LogP contribution in [0.3, 0.4) is 0 Å². The van der Waals surface area contributed by atoms with E-state index < -0.39 is 0 Å². The van der Waals surface area contributed by atoms with E-state index in [1.807, 2.05) is 13.0 Å². The first-order valence-electron chi connectivity index (χ1n) is 11.6. The number of nitrogens with zero attached hydrogens (tertiary/aromatic N) is 4. The topological polar surface area (TPSA) is 66.9 Å². The molecule has 0 radical (unpaired) electrons. The highest BCUT2D eigenvalue weighted by atomic mass is 16.5. The third-order valence-electron chi connectivity index (χ3n) is 6.79. The first-order chi connectivity index (χ1) is 15.9. The van der Waals surface area contributed by atoms with Crippen molar-refractivity contribution in [3.63, 3.8) is 0 Å². The second-order valence-corrected chi connectivity index (χ2v) is 9.35. The van der Waals surface area contributed by atoms with Crippen molar-refractivity contribution in [1.82, 2.24) is 20.2 Å². The average Bonchev–Trinajstić information content (AvgIpc) is 3.18. The predicted octanol–water partition coefficient (Wildman–Crippen LogP) is 5.64. The zero-order valence-electron chi connectivity index (χ0n) is 20.3. The van der Waals surface area contributed by atoms with Gasteiger partial charge in [-0.3, -0.25) is 5.10 Å². The quantitative estimate of drug-likeness (QED) is 0.444. The van der Waals surface area contributed by atoms with Crippen molar-refractivity contribution in [2.45, 2.75) is 53.5 Å². The maximum absolute atomic E-state index is 5.81. The molecular weight excluding hydrogens is 410 g/mol. The van der Waals surface area contributed by atoms with Crippen LogP contribution in [0, 0.1) is 20.8 Å². The molecule has 0 spiro atoms. The summed E-state index contributed by atoms with van der Waals surface area (Å²) in [6, 6.07) is 10.9. The summed E-state index contributed by atoms with van der Waals surface area (Å²) >= 11 is 0. The zero-order valence-corrected chi connectivity index (χ0v) is 20.3. The maximum Gasteiger partial charge on any atom is 0.222 e. The Kier molecular flexibility index (Phi) is 5.31. The molecule has 0 atom stereocenters. The number of fused-ring (bicyclic) bond motifs is 2. The van der Waals surface area contributed by atoms with Gasteiger partial charge < -0.3 is 9.64 Å². The highest BCUT2D eigenvalue weighted by Gasteiger charge is 2.26. The fourth-order valence-electron chi connectivity index (χ4n) is 4.85. The van der Waals surface area contributed by atoms with Gasteiger partial charge in [-0.25, -0.2) is 4.98 Å². The SMILES string of the molecule is COc1nc(-c2c(C)ccc3n[nH]c(C)c23)nc2c1CN(c1cc(C(C)C)ccc1C)CC2. The Hall–Kier alpha value is -3.41. The summed E-state index contributed by atoms with van der Waals surface area (Å²) in [7, 11) is 1.70. The average molecular weight is 442 g/mol. The lowest BCUT2D eigenvalue weighted by Gasteiger charge is -2.32. The van der Waals surface area contributed by atoms with Crippen molar-refractivity contribution >= 4 is 16.6 Å². The minimum atomic E-state index is 0.499. The van der Waals surface area contributed by atoms with Crippen LogP contribution in [0.2, 0.25) is 0 Å². The van der Waals surface area contributed by atoms with E-state index >= 15 is 0 Å². The maximum atomic E-state index is 5.81. The molecule has 33 heavy (non-hydrogen) atoms. The van der Waals surface area contributed by atoms with Crippen molar-refractivity contribution in [2.24, 2.45) is 0 Å². The predicted molar refractivity (Wildman–Crippen MR) is 133 cm³/mol. The molecule has 1 N–H and O–H groups in total. The largest absolute Gasteiger partial charge is 0.481 e. The van der Waals surface area contributed by atoms with E-state index in [2.05, 4.69) is 67.1 Å². The monoisotopic (exact) mass is 441 g/mol.